The predicted octanol–water partition coefficient (Wildman–Crippen LogP) is 1.38. The summed E-state index contributed by atoms with van der Waals surface area (Å²) in [5.74, 6) is -1.37. The molecule has 18 heavy (non-hydrogen) atoms. The second kappa shape index (κ2) is 6.44. The van der Waals surface area contributed by atoms with Crippen molar-refractivity contribution in [1.82, 2.24) is 5.32 Å². The van der Waals surface area contributed by atoms with Gasteiger partial charge < -0.3 is 15.5 Å². The Labute approximate surface area is 105 Å². The molecule has 0 unspecified atom stereocenters. The molecule has 5 nitrogen and oxygen atoms in total. The highest BCUT2D eigenvalue weighted by Gasteiger charge is 2.15. The fraction of sp³-hybridized carbons (Fsp3) is 0.231. The zero-order chi connectivity index (χ0) is 13.5. The van der Waals surface area contributed by atoms with Gasteiger partial charge in [0.15, 0.2) is 0 Å². The number of carbonyl (C=O) groups is 2. The van der Waals surface area contributed by atoms with E-state index in [2.05, 4.69) is 5.32 Å². The minimum Gasteiger partial charge on any atom is -0.508 e. The molecule has 1 rings (SSSR count). The van der Waals surface area contributed by atoms with Crippen LogP contribution in [0.25, 0.3) is 6.08 Å². The molecule has 1 atom stereocenters. The SMILES string of the molecule is CC[C@@H](NC(=O)C=Cc1ccc(O)cc1)C(=O)O. The summed E-state index contributed by atoms with van der Waals surface area (Å²) in [4.78, 5) is 22.2. The molecule has 3 N–H and O–H groups in total. The number of hydrogen-bond donors (Lipinski definition) is 3. The van der Waals surface area contributed by atoms with Crippen LogP contribution in [0.15, 0.2) is 30.3 Å². The molecule has 0 aliphatic heterocycles. The van der Waals surface area contributed by atoms with Crippen molar-refractivity contribution in [1.29, 1.82) is 0 Å². The molecule has 1 amide bonds. The monoisotopic (exact) mass is 249 g/mol. The molecule has 0 radical (unpaired) electrons. The first-order chi connectivity index (χ1) is 8.52. The minimum absolute atomic E-state index is 0.147. The second-order valence-electron chi connectivity index (χ2n) is 3.73. The van der Waals surface area contributed by atoms with Gasteiger partial charge in [-0.25, -0.2) is 4.79 Å². The summed E-state index contributed by atoms with van der Waals surface area (Å²) in [6.45, 7) is 1.68. The van der Waals surface area contributed by atoms with Gasteiger partial charge in [0.05, 0.1) is 0 Å². The van der Waals surface area contributed by atoms with E-state index in [-0.39, 0.29) is 5.75 Å². The highest BCUT2D eigenvalue weighted by atomic mass is 16.4. The largest absolute Gasteiger partial charge is 0.508 e. The Morgan fingerprint density at radius 3 is 2.44 bits per heavy atom. The molecule has 0 fully saturated rings. The van der Waals surface area contributed by atoms with Crippen LogP contribution in [0.1, 0.15) is 18.9 Å². The number of benzene rings is 1. The van der Waals surface area contributed by atoms with Crippen molar-refractivity contribution in [2.24, 2.45) is 0 Å². The first-order valence-electron chi connectivity index (χ1n) is 5.53. The third kappa shape index (κ3) is 4.29. The van der Waals surface area contributed by atoms with E-state index in [1.807, 2.05) is 0 Å². The Morgan fingerprint density at radius 1 is 1.33 bits per heavy atom. The summed E-state index contributed by atoms with van der Waals surface area (Å²) in [5, 5.41) is 20.2. The van der Waals surface area contributed by atoms with Crippen LogP contribution in [0, 0.1) is 0 Å². The van der Waals surface area contributed by atoms with E-state index in [1.165, 1.54) is 18.2 Å². The lowest BCUT2D eigenvalue weighted by molar-refractivity contribution is -0.141. The van der Waals surface area contributed by atoms with E-state index in [9.17, 15) is 9.59 Å². The summed E-state index contributed by atoms with van der Waals surface area (Å²) in [6.07, 6.45) is 3.13. The Kier molecular flexibility index (Phi) is 4.92. The van der Waals surface area contributed by atoms with Crippen LogP contribution in [0.2, 0.25) is 0 Å². The molecule has 0 aromatic heterocycles. The van der Waals surface area contributed by atoms with E-state index >= 15 is 0 Å². The highest BCUT2D eigenvalue weighted by molar-refractivity contribution is 5.94. The maximum Gasteiger partial charge on any atom is 0.326 e. The van der Waals surface area contributed by atoms with Crippen LogP contribution in [-0.4, -0.2) is 28.1 Å². The number of hydrogen-bond acceptors (Lipinski definition) is 3. The maximum atomic E-state index is 11.4. The molecule has 5 heteroatoms. The van der Waals surface area contributed by atoms with Gasteiger partial charge in [-0.05, 0) is 30.2 Å². The van der Waals surface area contributed by atoms with Crippen molar-refractivity contribution in [3.05, 3.63) is 35.9 Å². The summed E-state index contributed by atoms with van der Waals surface area (Å²) in [6, 6.07) is 5.43. The number of amides is 1. The van der Waals surface area contributed by atoms with Crippen LogP contribution in [0.4, 0.5) is 0 Å². The molecule has 1 aromatic rings. The van der Waals surface area contributed by atoms with Gasteiger partial charge in [-0.3, -0.25) is 4.79 Å². The van der Waals surface area contributed by atoms with Crippen molar-refractivity contribution >= 4 is 18.0 Å². The van der Waals surface area contributed by atoms with Gasteiger partial charge in [0, 0.05) is 6.08 Å². The number of carboxylic acid groups (broad SMARTS) is 1. The minimum atomic E-state index is -1.05. The van der Waals surface area contributed by atoms with Crippen molar-refractivity contribution in [3.8, 4) is 5.75 Å². The summed E-state index contributed by atoms with van der Waals surface area (Å²) >= 11 is 0. The number of carbonyl (C=O) groups excluding carboxylic acids is 1. The highest BCUT2D eigenvalue weighted by Crippen LogP contribution is 2.10. The molecule has 0 saturated heterocycles. The number of nitrogens with one attached hydrogen (secondary N) is 1. The predicted molar refractivity (Wildman–Crippen MR) is 67.0 cm³/mol. The molecule has 0 spiro atoms. The molecule has 0 heterocycles. The van der Waals surface area contributed by atoms with Crippen LogP contribution < -0.4 is 5.32 Å². The number of aromatic hydroxyl groups is 1. The molecule has 0 aliphatic rings. The van der Waals surface area contributed by atoms with E-state index in [1.54, 1.807) is 25.1 Å². The van der Waals surface area contributed by atoms with Gasteiger partial charge in [0.25, 0.3) is 0 Å². The second-order valence-corrected chi connectivity index (χ2v) is 3.73. The molecule has 96 valence electrons. The van der Waals surface area contributed by atoms with Gasteiger partial charge in [-0.2, -0.15) is 0 Å². The van der Waals surface area contributed by atoms with Crippen LogP contribution in [-0.2, 0) is 9.59 Å². The first-order valence-corrected chi connectivity index (χ1v) is 5.53. The standard InChI is InChI=1S/C13H15NO4/c1-2-11(13(17)18)14-12(16)8-5-9-3-6-10(15)7-4-9/h3-8,11,15H,2H2,1H3,(H,14,16)(H,17,18)/t11-/m1/s1. The Morgan fingerprint density at radius 2 is 1.94 bits per heavy atom. The lowest BCUT2D eigenvalue weighted by Crippen LogP contribution is -2.39. The number of carboxylic acids is 1. The molecule has 0 aliphatic carbocycles. The van der Waals surface area contributed by atoms with E-state index < -0.39 is 17.9 Å². The summed E-state index contributed by atoms with van der Waals surface area (Å²) < 4.78 is 0. The summed E-state index contributed by atoms with van der Waals surface area (Å²) in [5.41, 5.74) is 0.742. The lowest BCUT2D eigenvalue weighted by Gasteiger charge is -2.09. The fourth-order valence-corrected chi connectivity index (χ4v) is 1.32. The molecule has 1 aromatic carbocycles. The molecule has 0 saturated carbocycles. The molecule has 0 bridgehead atoms. The fourth-order valence-electron chi connectivity index (χ4n) is 1.32. The Balaban J connectivity index is 2.59. The lowest BCUT2D eigenvalue weighted by atomic mass is 10.2. The van der Waals surface area contributed by atoms with Crippen molar-refractivity contribution in [2.45, 2.75) is 19.4 Å². The van der Waals surface area contributed by atoms with Crippen LogP contribution in [0.5, 0.6) is 5.75 Å². The average Bonchev–Trinajstić information content (AvgIpc) is 2.35. The Bertz CT molecular complexity index is 451. The van der Waals surface area contributed by atoms with Gasteiger partial charge in [-0.1, -0.05) is 19.1 Å². The zero-order valence-electron chi connectivity index (χ0n) is 9.96. The van der Waals surface area contributed by atoms with E-state index in [0.29, 0.717) is 6.42 Å². The maximum absolute atomic E-state index is 11.4. The number of aliphatic carboxylic acids is 1. The third-order valence-corrected chi connectivity index (χ3v) is 2.34. The van der Waals surface area contributed by atoms with Crippen molar-refractivity contribution in [2.75, 3.05) is 0 Å². The summed E-state index contributed by atoms with van der Waals surface area (Å²) in [7, 11) is 0. The Hall–Kier alpha value is -2.30. The molecular weight excluding hydrogens is 234 g/mol. The first kappa shape index (κ1) is 13.8. The van der Waals surface area contributed by atoms with Crippen LogP contribution >= 0.6 is 0 Å². The van der Waals surface area contributed by atoms with Gasteiger partial charge in [0.2, 0.25) is 5.91 Å². The average molecular weight is 249 g/mol. The quantitative estimate of drug-likeness (QED) is 0.688. The topological polar surface area (TPSA) is 86.6 Å². The van der Waals surface area contributed by atoms with Gasteiger partial charge in [-0.15, -0.1) is 0 Å². The number of phenols is 1. The van der Waals surface area contributed by atoms with Crippen LogP contribution in [0.3, 0.4) is 0 Å². The normalized spacial score (nSPS) is 12.3. The van der Waals surface area contributed by atoms with Crippen molar-refractivity contribution in [3.63, 3.8) is 0 Å². The third-order valence-electron chi connectivity index (χ3n) is 2.34. The zero-order valence-corrected chi connectivity index (χ0v) is 9.96. The smallest absolute Gasteiger partial charge is 0.326 e. The van der Waals surface area contributed by atoms with E-state index in [4.69, 9.17) is 10.2 Å². The number of phenolic OH excluding ortho intramolecular Hbond substituents is 1. The van der Waals surface area contributed by atoms with E-state index in [0.717, 1.165) is 5.56 Å². The number of rotatable bonds is 5. The molecular formula is C13H15NO4. The van der Waals surface area contributed by atoms with Gasteiger partial charge >= 0.3 is 5.97 Å². The van der Waals surface area contributed by atoms with Gasteiger partial charge in [0.1, 0.15) is 11.8 Å². The van der Waals surface area contributed by atoms with Crippen molar-refractivity contribution < 1.29 is 19.8 Å².